The second kappa shape index (κ2) is 4.29. The van der Waals surface area contributed by atoms with Gasteiger partial charge >= 0.3 is 12.1 Å². The maximum atomic E-state index is 12.2. The molecule has 1 heterocycles. The van der Waals surface area contributed by atoms with Gasteiger partial charge in [0.1, 0.15) is 0 Å². The third kappa shape index (κ3) is 2.27. The van der Waals surface area contributed by atoms with Gasteiger partial charge in [0, 0.05) is 17.0 Å². The first-order valence-electron chi connectivity index (χ1n) is 5.12. The van der Waals surface area contributed by atoms with Crippen LogP contribution in [0.3, 0.4) is 0 Å². The average Bonchev–Trinajstić information content (AvgIpc) is 2.31. The van der Waals surface area contributed by atoms with E-state index in [0.29, 0.717) is 16.5 Å². The predicted molar refractivity (Wildman–Crippen MR) is 61.2 cm³/mol. The predicted octanol–water partition coefficient (Wildman–Crippen LogP) is 3.04. The molecule has 1 N–H and O–H groups in total. The van der Waals surface area contributed by atoms with Crippen molar-refractivity contribution >= 4 is 22.4 Å². The van der Waals surface area contributed by atoms with Gasteiger partial charge in [0.15, 0.2) is 0 Å². The number of hydrogen-bond acceptors (Lipinski definition) is 2. The smallest absolute Gasteiger partial charge is 0.316 e. The van der Waals surface area contributed by atoms with Gasteiger partial charge in [0.05, 0.1) is 11.4 Å². The number of anilines is 1. The van der Waals surface area contributed by atoms with Crippen LogP contribution in [0.5, 0.6) is 0 Å². The molecule has 6 heteroatoms. The molecule has 0 aliphatic carbocycles. The lowest BCUT2D eigenvalue weighted by Gasteiger charge is -2.12. The number of nitrogens with one attached hydrogen (secondary N) is 1. The number of aromatic nitrogens is 1. The monoisotopic (exact) mass is 254 g/mol. The minimum Gasteiger partial charge on any atom is -0.316 e. The molecule has 0 fully saturated rings. The first kappa shape index (κ1) is 12.3. The number of pyridine rings is 1. The quantitative estimate of drug-likeness (QED) is 0.849. The molecule has 0 spiro atoms. The zero-order chi connectivity index (χ0) is 13.3. The molecule has 0 aliphatic rings. The van der Waals surface area contributed by atoms with Gasteiger partial charge < -0.3 is 5.32 Å². The third-order valence-electron chi connectivity index (χ3n) is 2.49. The van der Waals surface area contributed by atoms with Crippen LogP contribution in [0.1, 0.15) is 5.69 Å². The van der Waals surface area contributed by atoms with Crippen LogP contribution in [0, 0.1) is 6.92 Å². The Morgan fingerprint density at radius 3 is 2.61 bits per heavy atom. The fraction of sp³-hybridized carbons (Fsp3) is 0.167. The van der Waals surface area contributed by atoms with E-state index in [9.17, 15) is 18.0 Å². The van der Waals surface area contributed by atoms with Gasteiger partial charge in [-0.15, -0.1) is 0 Å². The molecule has 2 aromatic rings. The number of carbonyl (C=O) groups is 1. The molecule has 1 amide bonds. The van der Waals surface area contributed by atoms with Crippen molar-refractivity contribution in [3.05, 3.63) is 36.2 Å². The van der Waals surface area contributed by atoms with Crippen LogP contribution in [0.25, 0.3) is 10.8 Å². The van der Waals surface area contributed by atoms with Crippen LogP contribution in [0.15, 0.2) is 30.5 Å². The summed E-state index contributed by atoms with van der Waals surface area (Å²) >= 11 is 0. The molecule has 94 valence electrons. The van der Waals surface area contributed by atoms with Crippen molar-refractivity contribution in [2.24, 2.45) is 0 Å². The van der Waals surface area contributed by atoms with Gasteiger partial charge in [-0.1, -0.05) is 24.3 Å². The molecule has 18 heavy (non-hydrogen) atoms. The summed E-state index contributed by atoms with van der Waals surface area (Å²) in [4.78, 5) is 14.9. The van der Waals surface area contributed by atoms with Crippen molar-refractivity contribution in [2.45, 2.75) is 13.1 Å². The Morgan fingerprint density at radius 1 is 1.28 bits per heavy atom. The number of carbonyl (C=O) groups excluding carboxylic acids is 1. The van der Waals surface area contributed by atoms with E-state index in [-0.39, 0.29) is 5.69 Å². The Kier molecular flexibility index (Phi) is 2.94. The van der Waals surface area contributed by atoms with Crippen LogP contribution in [-0.2, 0) is 4.79 Å². The summed E-state index contributed by atoms with van der Waals surface area (Å²) in [7, 11) is 0. The van der Waals surface area contributed by atoms with Crippen molar-refractivity contribution in [1.82, 2.24) is 4.98 Å². The lowest BCUT2D eigenvalue weighted by Crippen LogP contribution is -2.30. The average molecular weight is 254 g/mol. The van der Waals surface area contributed by atoms with E-state index in [2.05, 4.69) is 4.98 Å². The van der Waals surface area contributed by atoms with E-state index in [1.54, 1.807) is 37.4 Å². The lowest BCUT2D eigenvalue weighted by atomic mass is 10.1. The van der Waals surface area contributed by atoms with E-state index in [4.69, 9.17) is 0 Å². The van der Waals surface area contributed by atoms with Crippen molar-refractivity contribution in [3.8, 4) is 0 Å². The van der Waals surface area contributed by atoms with E-state index in [1.165, 1.54) is 0 Å². The molecule has 3 nitrogen and oxygen atoms in total. The topological polar surface area (TPSA) is 42.0 Å². The van der Waals surface area contributed by atoms with Gasteiger partial charge in [-0.05, 0) is 6.92 Å². The van der Waals surface area contributed by atoms with E-state index < -0.39 is 12.1 Å². The summed E-state index contributed by atoms with van der Waals surface area (Å²) in [5.41, 5.74) is 0.432. The molecule has 0 saturated heterocycles. The Hall–Kier alpha value is -2.11. The van der Waals surface area contributed by atoms with Gasteiger partial charge in [0.25, 0.3) is 0 Å². The van der Waals surface area contributed by atoms with Gasteiger partial charge in [-0.2, -0.15) is 13.2 Å². The molecule has 0 bridgehead atoms. The highest BCUT2D eigenvalue weighted by Gasteiger charge is 2.39. The Morgan fingerprint density at radius 2 is 1.94 bits per heavy atom. The number of nitrogens with zero attached hydrogens (tertiary/aromatic N) is 1. The van der Waals surface area contributed by atoms with Crippen LogP contribution >= 0.6 is 0 Å². The van der Waals surface area contributed by atoms with E-state index in [0.717, 1.165) is 0 Å². The molecular formula is C12H9F3N2O. The Bertz CT molecular complexity index is 608. The summed E-state index contributed by atoms with van der Waals surface area (Å²) < 4.78 is 36.7. The normalized spacial score (nSPS) is 11.6. The highest BCUT2D eigenvalue weighted by atomic mass is 19.4. The molecule has 0 unspecified atom stereocenters. The van der Waals surface area contributed by atoms with E-state index >= 15 is 0 Å². The van der Waals surface area contributed by atoms with Crippen LogP contribution in [0.2, 0.25) is 0 Å². The van der Waals surface area contributed by atoms with Crippen LogP contribution in [-0.4, -0.2) is 17.1 Å². The summed E-state index contributed by atoms with van der Waals surface area (Å²) in [6.45, 7) is 1.54. The first-order valence-corrected chi connectivity index (χ1v) is 5.12. The highest BCUT2D eigenvalue weighted by molar-refractivity contribution is 6.04. The number of hydrogen-bond donors (Lipinski definition) is 1. The first-order chi connectivity index (χ1) is 8.39. The van der Waals surface area contributed by atoms with Crippen molar-refractivity contribution < 1.29 is 18.0 Å². The number of alkyl halides is 3. The van der Waals surface area contributed by atoms with Gasteiger partial charge in [-0.3, -0.25) is 9.78 Å². The summed E-state index contributed by atoms with van der Waals surface area (Å²) in [6.07, 6.45) is -3.36. The lowest BCUT2D eigenvalue weighted by molar-refractivity contribution is -0.167. The Labute approximate surface area is 101 Å². The maximum Gasteiger partial charge on any atom is 0.471 e. The standard InChI is InChI=1S/C12H9F3N2O/c1-7-10(17-11(18)12(13,14)15)9-5-3-2-4-8(9)6-16-7/h2-6H,1H3,(H,17,18). The van der Waals surface area contributed by atoms with Crippen LogP contribution in [0.4, 0.5) is 18.9 Å². The summed E-state index contributed by atoms with van der Waals surface area (Å²) in [5.74, 6) is -2.00. The number of rotatable bonds is 1. The van der Waals surface area contributed by atoms with Crippen molar-refractivity contribution in [3.63, 3.8) is 0 Å². The maximum absolute atomic E-state index is 12.2. The summed E-state index contributed by atoms with van der Waals surface area (Å²) in [5, 5.41) is 3.06. The van der Waals surface area contributed by atoms with Gasteiger partial charge in [-0.25, -0.2) is 0 Å². The third-order valence-corrected chi connectivity index (χ3v) is 2.49. The molecule has 0 saturated carbocycles. The highest BCUT2D eigenvalue weighted by Crippen LogP contribution is 2.27. The molecule has 0 aliphatic heterocycles. The molecule has 1 aromatic heterocycles. The Balaban J connectivity index is 2.50. The number of aryl methyl sites for hydroxylation is 1. The van der Waals surface area contributed by atoms with Crippen molar-refractivity contribution in [1.29, 1.82) is 0 Å². The molecular weight excluding hydrogens is 245 g/mol. The van der Waals surface area contributed by atoms with Gasteiger partial charge in [0.2, 0.25) is 0 Å². The molecule has 0 radical (unpaired) electrons. The number of benzene rings is 1. The second-order valence-corrected chi connectivity index (χ2v) is 3.76. The SMILES string of the molecule is Cc1ncc2ccccc2c1NC(=O)C(F)(F)F. The zero-order valence-corrected chi connectivity index (χ0v) is 9.38. The number of amides is 1. The molecule has 1 aromatic carbocycles. The fourth-order valence-corrected chi connectivity index (χ4v) is 1.61. The van der Waals surface area contributed by atoms with Crippen LogP contribution < -0.4 is 5.32 Å². The molecule has 0 atom stereocenters. The second-order valence-electron chi connectivity index (χ2n) is 3.76. The summed E-state index contributed by atoms with van der Waals surface area (Å²) in [6, 6.07) is 6.78. The zero-order valence-electron chi connectivity index (χ0n) is 9.38. The fourth-order valence-electron chi connectivity index (χ4n) is 1.61. The minimum atomic E-state index is -4.91. The van der Waals surface area contributed by atoms with E-state index in [1.807, 2.05) is 5.32 Å². The number of halogens is 3. The van der Waals surface area contributed by atoms with Crippen molar-refractivity contribution in [2.75, 3.05) is 5.32 Å². The molecule has 2 rings (SSSR count). The minimum absolute atomic E-state index is 0.0930. The number of fused-ring (bicyclic) bond motifs is 1. The largest absolute Gasteiger partial charge is 0.471 e.